The van der Waals surface area contributed by atoms with Gasteiger partial charge in [-0.3, -0.25) is 0 Å². The number of piperidine rings is 1. The summed E-state index contributed by atoms with van der Waals surface area (Å²) >= 11 is 0. The molecule has 0 aliphatic carbocycles. The number of rotatable bonds is 4. The van der Waals surface area contributed by atoms with Crippen LogP contribution >= 0.6 is 0 Å². The first-order chi connectivity index (χ1) is 9.04. The number of hydrogen-bond donors (Lipinski definition) is 1. The molecule has 0 bridgehead atoms. The van der Waals surface area contributed by atoms with Crippen molar-refractivity contribution in [3.05, 3.63) is 12.4 Å². The molecule has 7 nitrogen and oxygen atoms in total. The maximum atomic E-state index is 12.4. The quantitative estimate of drug-likeness (QED) is 0.843. The van der Waals surface area contributed by atoms with E-state index in [0.29, 0.717) is 19.7 Å². The maximum Gasteiger partial charge on any atom is 0.246 e. The SMILES string of the molecule is COCC1CCCN(S(=O)(=O)c2cnc(N)nc2)C1. The Kier molecular flexibility index (Phi) is 4.33. The summed E-state index contributed by atoms with van der Waals surface area (Å²) in [5.74, 6) is 0.304. The number of methoxy groups -OCH3 is 1. The van der Waals surface area contributed by atoms with Gasteiger partial charge < -0.3 is 10.5 Å². The monoisotopic (exact) mass is 286 g/mol. The second-order valence-corrected chi connectivity index (χ2v) is 6.54. The number of hydrogen-bond acceptors (Lipinski definition) is 6. The van der Waals surface area contributed by atoms with Gasteiger partial charge in [0.2, 0.25) is 16.0 Å². The van der Waals surface area contributed by atoms with E-state index in [9.17, 15) is 8.42 Å². The molecule has 0 saturated carbocycles. The zero-order chi connectivity index (χ0) is 13.9. The summed E-state index contributed by atoms with van der Waals surface area (Å²) in [5.41, 5.74) is 5.36. The standard InChI is InChI=1S/C11H18N4O3S/c1-18-8-9-3-2-4-15(7-9)19(16,17)10-5-13-11(12)14-6-10/h5-6,9H,2-4,7-8H2,1H3,(H2,12,13,14). The molecule has 106 valence electrons. The summed E-state index contributed by atoms with van der Waals surface area (Å²) in [5, 5.41) is 0. The fourth-order valence-electron chi connectivity index (χ4n) is 2.23. The summed E-state index contributed by atoms with van der Waals surface area (Å²) in [7, 11) is -1.91. The van der Waals surface area contributed by atoms with Gasteiger partial charge in [-0.05, 0) is 18.8 Å². The van der Waals surface area contributed by atoms with Crippen molar-refractivity contribution in [1.82, 2.24) is 14.3 Å². The van der Waals surface area contributed by atoms with Crippen LogP contribution in [0.4, 0.5) is 5.95 Å². The highest BCUT2D eigenvalue weighted by Gasteiger charge is 2.30. The third-order valence-electron chi connectivity index (χ3n) is 3.17. The predicted octanol–water partition coefficient (Wildman–Crippen LogP) is 0.106. The Morgan fingerprint density at radius 2 is 2.16 bits per heavy atom. The maximum absolute atomic E-state index is 12.4. The second-order valence-electron chi connectivity index (χ2n) is 4.60. The van der Waals surface area contributed by atoms with E-state index >= 15 is 0 Å². The topological polar surface area (TPSA) is 98.4 Å². The molecule has 8 heteroatoms. The van der Waals surface area contributed by atoms with Crippen LogP contribution in [0.2, 0.25) is 0 Å². The van der Waals surface area contributed by atoms with Crippen molar-refractivity contribution >= 4 is 16.0 Å². The Balaban J connectivity index is 2.17. The fourth-order valence-corrected chi connectivity index (χ4v) is 3.67. The normalized spacial score (nSPS) is 21.4. The number of sulfonamides is 1. The average molecular weight is 286 g/mol. The van der Waals surface area contributed by atoms with Crippen molar-refractivity contribution in [3.63, 3.8) is 0 Å². The molecule has 2 heterocycles. The van der Waals surface area contributed by atoms with E-state index in [2.05, 4.69) is 9.97 Å². The van der Waals surface area contributed by atoms with Crippen molar-refractivity contribution in [1.29, 1.82) is 0 Å². The predicted molar refractivity (Wildman–Crippen MR) is 69.8 cm³/mol. The molecule has 1 aliphatic heterocycles. The van der Waals surface area contributed by atoms with Crippen LogP contribution in [0.5, 0.6) is 0 Å². The molecule has 1 atom stereocenters. The molecule has 1 aliphatic rings. The van der Waals surface area contributed by atoms with E-state index in [1.165, 1.54) is 16.7 Å². The second kappa shape index (κ2) is 5.81. The lowest BCUT2D eigenvalue weighted by Crippen LogP contribution is -2.41. The molecule has 19 heavy (non-hydrogen) atoms. The van der Waals surface area contributed by atoms with Crippen LogP contribution in [0.3, 0.4) is 0 Å². The van der Waals surface area contributed by atoms with Crippen molar-refractivity contribution in [2.24, 2.45) is 5.92 Å². The molecule has 1 aromatic rings. The van der Waals surface area contributed by atoms with Crippen LogP contribution in [0.25, 0.3) is 0 Å². The molecule has 0 radical (unpaired) electrons. The third-order valence-corrected chi connectivity index (χ3v) is 4.99. The first kappa shape index (κ1) is 14.2. The number of aromatic nitrogens is 2. The van der Waals surface area contributed by atoms with Crippen molar-refractivity contribution in [2.45, 2.75) is 17.7 Å². The van der Waals surface area contributed by atoms with Crippen LogP contribution in [0, 0.1) is 5.92 Å². The largest absolute Gasteiger partial charge is 0.384 e. The van der Waals surface area contributed by atoms with Gasteiger partial charge in [-0.25, -0.2) is 18.4 Å². The van der Waals surface area contributed by atoms with E-state index in [1.54, 1.807) is 7.11 Å². The highest BCUT2D eigenvalue weighted by molar-refractivity contribution is 7.89. The number of ether oxygens (including phenoxy) is 1. The molecule has 1 unspecified atom stereocenters. The van der Waals surface area contributed by atoms with Crippen molar-refractivity contribution in [3.8, 4) is 0 Å². The van der Waals surface area contributed by atoms with E-state index in [4.69, 9.17) is 10.5 Å². The van der Waals surface area contributed by atoms with Gasteiger partial charge in [0, 0.05) is 20.2 Å². The highest BCUT2D eigenvalue weighted by Crippen LogP contribution is 2.23. The van der Waals surface area contributed by atoms with E-state index < -0.39 is 10.0 Å². The molecule has 1 saturated heterocycles. The minimum Gasteiger partial charge on any atom is -0.384 e. The number of nitrogen functional groups attached to an aromatic ring is 1. The zero-order valence-electron chi connectivity index (χ0n) is 10.8. The number of nitrogens with two attached hydrogens (primary N) is 1. The lowest BCUT2D eigenvalue weighted by Gasteiger charge is -2.31. The fraction of sp³-hybridized carbons (Fsp3) is 0.636. The molecule has 1 aromatic heterocycles. The lowest BCUT2D eigenvalue weighted by molar-refractivity contribution is 0.118. The zero-order valence-corrected chi connectivity index (χ0v) is 11.6. The number of anilines is 1. The van der Waals surface area contributed by atoms with Gasteiger partial charge in [0.05, 0.1) is 19.0 Å². The van der Waals surface area contributed by atoms with E-state index in [0.717, 1.165) is 12.8 Å². The third kappa shape index (κ3) is 3.20. The van der Waals surface area contributed by atoms with Crippen molar-refractivity contribution in [2.75, 3.05) is 32.5 Å². The minimum atomic E-state index is -3.53. The Morgan fingerprint density at radius 3 is 2.79 bits per heavy atom. The Bertz CT molecular complexity index is 515. The van der Waals surface area contributed by atoms with Gasteiger partial charge in [-0.1, -0.05) is 0 Å². The first-order valence-electron chi connectivity index (χ1n) is 6.10. The Hall–Kier alpha value is -1.25. The van der Waals surface area contributed by atoms with Crippen LogP contribution in [-0.2, 0) is 14.8 Å². The summed E-state index contributed by atoms with van der Waals surface area (Å²) in [6, 6.07) is 0. The van der Waals surface area contributed by atoms with Gasteiger partial charge >= 0.3 is 0 Å². The van der Waals surface area contributed by atoms with Crippen LogP contribution in [-0.4, -0.2) is 49.5 Å². The molecular formula is C11H18N4O3S. The van der Waals surface area contributed by atoms with Gasteiger partial charge in [-0.15, -0.1) is 0 Å². The molecule has 2 N–H and O–H groups in total. The number of nitrogens with zero attached hydrogens (tertiary/aromatic N) is 3. The first-order valence-corrected chi connectivity index (χ1v) is 7.54. The summed E-state index contributed by atoms with van der Waals surface area (Å²) in [4.78, 5) is 7.55. The highest BCUT2D eigenvalue weighted by atomic mass is 32.2. The van der Waals surface area contributed by atoms with E-state index in [1.807, 2.05) is 0 Å². The Labute approximate surface area is 112 Å². The van der Waals surface area contributed by atoms with Gasteiger partial charge in [0.25, 0.3) is 0 Å². The average Bonchev–Trinajstić information content (AvgIpc) is 2.40. The van der Waals surface area contributed by atoms with Crippen LogP contribution in [0.1, 0.15) is 12.8 Å². The molecule has 2 rings (SSSR count). The summed E-state index contributed by atoms with van der Waals surface area (Å²) in [6.45, 7) is 1.57. The smallest absolute Gasteiger partial charge is 0.246 e. The molecular weight excluding hydrogens is 268 g/mol. The van der Waals surface area contributed by atoms with Crippen molar-refractivity contribution < 1.29 is 13.2 Å². The van der Waals surface area contributed by atoms with Crippen LogP contribution in [0.15, 0.2) is 17.3 Å². The molecule has 0 aromatic carbocycles. The van der Waals surface area contributed by atoms with Gasteiger partial charge in [-0.2, -0.15) is 4.31 Å². The Morgan fingerprint density at radius 1 is 1.47 bits per heavy atom. The molecule has 0 amide bonds. The van der Waals surface area contributed by atoms with Crippen LogP contribution < -0.4 is 5.73 Å². The lowest BCUT2D eigenvalue weighted by atomic mass is 10.0. The van der Waals surface area contributed by atoms with E-state index in [-0.39, 0.29) is 16.8 Å². The molecule has 1 fully saturated rings. The summed E-state index contributed by atoms with van der Waals surface area (Å²) < 4.78 is 31.4. The molecule has 0 spiro atoms. The summed E-state index contributed by atoms with van der Waals surface area (Å²) in [6.07, 6.45) is 4.32. The minimum absolute atomic E-state index is 0.0647. The van der Waals surface area contributed by atoms with Gasteiger partial charge in [0.15, 0.2) is 0 Å². The van der Waals surface area contributed by atoms with Gasteiger partial charge in [0.1, 0.15) is 4.90 Å².